The Morgan fingerprint density at radius 3 is 2.76 bits per heavy atom. The molecule has 0 aliphatic heterocycles. The molecule has 0 atom stereocenters. The molecule has 1 aromatic rings. The fourth-order valence-corrected chi connectivity index (χ4v) is 1.61. The van der Waals surface area contributed by atoms with Gasteiger partial charge in [0.1, 0.15) is 5.75 Å². The lowest BCUT2D eigenvalue weighted by Gasteiger charge is -2.07. The monoisotopic (exact) mass is 322 g/mol. The van der Waals surface area contributed by atoms with Crippen LogP contribution < -0.4 is 10.6 Å². The van der Waals surface area contributed by atoms with Gasteiger partial charge in [0.05, 0.1) is 5.56 Å². The van der Waals surface area contributed by atoms with Gasteiger partial charge in [-0.3, -0.25) is 4.79 Å². The Bertz CT molecular complexity index is 374. The predicted octanol–water partition coefficient (Wildman–Crippen LogP) is 1.92. The van der Waals surface area contributed by atoms with Gasteiger partial charge in [0.2, 0.25) is 0 Å². The lowest BCUT2D eigenvalue weighted by Crippen LogP contribution is -2.26. The molecule has 4 nitrogen and oxygen atoms in total. The zero-order chi connectivity index (χ0) is 12.0. The Hall–Kier alpha value is -0.780. The standard InChI is InChI=1S/C11H15BrN2O2.ClH/c1-13-5-2-6-14-11(16)9-7-8(12)3-4-10(9)15;/h3-4,7,13,15H,2,5-6H2,1H3,(H,14,16);1H. The quantitative estimate of drug-likeness (QED) is 0.726. The van der Waals surface area contributed by atoms with Crippen LogP contribution >= 0.6 is 28.3 Å². The Morgan fingerprint density at radius 2 is 2.12 bits per heavy atom. The van der Waals surface area contributed by atoms with Crippen molar-refractivity contribution in [1.29, 1.82) is 0 Å². The highest BCUT2D eigenvalue weighted by Gasteiger charge is 2.10. The van der Waals surface area contributed by atoms with Gasteiger partial charge in [-0.1, -0.05) is 15.9 Å². The number of amides is 1. The van der Waals surface area contributed by atoms with E-state index in [1.165, 1.54) is 6.07 Å². The molecule has 0 bridgehead atoms. The van der Waals surface area contributed by atoms with Crippen LogP contribution in [0.2, 0.25) is 0 Å². The first kappa shape index (κ1) is 16.2. The van der Waals surface area contributed by atoms with Crippen LogP contribution in [0.15, 0.2) is 22.7 Å². The molecule has 0 saturated carbocycles. The third-order valence-electron chi connectivity index (χ3n) is 2.09. The minimum Gasteiger partial charge on any atom is -0.507 e. The summed E-state index contributed by atoms with van der Waals surface area (Å²) in [5.74, 6) is -0.260. The summed E-state index contributed by atoms with van der Waals surface area (Å²) in [6.07, 6.45) is 0.858. The Balaban J connectivity index is 0.00000256. The molecular weight excluding hydrogens is 307 g/mol. The fourth-order valence-electron chi connectivity index (χ4n) is 1.25. The van der Waals surface area contributed by atoms with E-state index in [-0.39, 0.29) is 24.1 Å². The summed E-state index contributed by atoms with van der Waals surface area (Å²) < 4.78 is 0.769. The van der Waals surface area contributed by atoms with Crippen LogP contribution in [0.5, 0.6) is 5.75 Å². The normalized spacial score (nSPS) is 9.53. The van der Waals surface area contributed by atoms with E-state index < -0.39 is 0 Å². The third-order valence-corrected chi connectivity index (χ3v) is 2.59. The average Bonchev–Trinajstić information content (AvgIpc) is 2.27. The summed E-state index contributed by atoms with van der Waals surface area (Å²) in [4.78, 5) is 11.7. The molecule has 0 radical (unpaired) electrons. The predicted molar refractivity (Wildman–Crippen MR) is 73.9 cm³/mol. The van der Waals surface area contributed by atoms with Crippen molar-refractivity contribution in [2.24, 2.45) is 0 Å². The van der Waals surface area contributed by atoms with Crippen LogP contribution in [0.4, 0.5) is 0 Å². The molecular formula is C11H16BrClN2O2. The molecule has 0 saturated heterocycles. The highest BCUT2D eigenvalue weighted by Crippen LogP contribution is 2.21. The SMILES string of the molecule is CNCCCNC(=O)c1cc(Br)ccc1O.Cl. The third kappa shape index (κ3) is 5.39. The van der Waals surface area contributed by atoms with E-state index in [0.717, 1.165) is 17.4 Å². The molecule has 1 rings (SSSR count). The minimum absolute atomic E-state index is 0. The molecule has 0 fully saturated rings. The van der Waals surface area contributed by atoms with Crippen molar-refractivity contribution in [3.05, 3.63) is 28.2 Å². The lowest BCUT2D eigenvalue weighted by atomic mass is 10.2. The second kappa shape index (κ2) is 8.33. The van der Waals surface area contributed by atoms with E-state index in [0.29, 0.717) is 12.1 Å². The van der Waals surface area contributed by atoms with Crippen LogP contribution in [0.25, 0.3) is 0 Å². The van der Waals surface area contributed by atoms with E-state index in [9.17, 15) is 9.90 Å². The van der Waals surface area contributed by atoms with E-state index in [1.54, 1.807) is 12.1 Å². The Kier molecular flexibility index (Phi) is 7.95. The van der Waals surface area contributed by atoms with Crippen molar-refractivity contribution in [2.75, 3.05) is 20.1 Å². The molecule has 1 aromatic carbocycles. The smallest absolute Gasteiger partial charge is 0.255 e. The maximum atomic E-state index is 11.7. The summed E-state index contributed by atoms with van der Waals surface area (Å²) >= 11 is 3.26. The average molecular weight is 324 g/mol. The van der Waals surface area contributed by atoms with Crippen LogP contribution in [-0.4, -0.2) is 31.2 Å². The second-order valence-corrected chi connectivity index (χ2v) is 4.29. The molecule has 6 heteroatoms. The maximum Gasteiger partial charge on any atom is 0.255 e. The number of rotatable bonds is 5. The molecule has 96 valence electrons. The highest BCUT2D eigenvalue weighted by molar-refractivity contribution is 9.10. The van der Waals surface area contributed by atoms with Gasteiger partial charge >= 0.3 is 0 Å². The van der Waals surface area contributed by atoms with Gasteiger partial charge < -0.3 is 15.7 Å². The number of hydrogen-bond donors (Lipinski definition) is 3. The second-order valence-electron chi connectivity index (χ2n) is 3.37. The van der Waals surface area contributed by atoms with Crippen molar-refractivity contribution < 1.29 is 9.90 Å². The van der Waals surface area contributed by atoms with E-state index in [2.05, 4.69) is 26.6 Å². The number of aromatic hydroxyl groups is 1. The Labute approximate surface area is 115 Å². The molecule has 0 aliphatic rings. The molecule has 0 heterocycles. The molecule has 17 heavy (non-hydrogen) atoms. The van der Waals surface area contributed by atoms with Gasteiger partial charge in [0, 0.05) is 11.0 Å². The molecule has 0 aliphatic carbocycles. The van der Waals surface area contributed by atoms with Crippen LogP contribution in [0.1, 0.15) is 16.8 Å². The van der Waals surface area contributed by atoms with Crippen molar-refractivity contribution >= 4 is 34.2 Å². The lowest BCUT2D eigenvalue weighted by molar-refractivity contribution is 0.0950. The first-order valence-corrected chi connectivity index (χ1v) is 5.85. The fraction of sp³-hybridized carbons (Fsp3) is 0.364. The number of nitrogens with one attached hydrogen (secondary N) is 2. The van der Waals surface area contributed by atoms with E-state index in [4.69, 9.17) is 0 Å². The topological polar surface area (TPSA) is 61.4 Å². The van der Waals surface area contributed by atoms with Gasteiger partial charge in [-0.2, -0.15) is 0 Å². The van der Waals surface area contributed by atoms with Crippen LogP contribution in [-0.2, 0) is 0 Å². The van der Waals surface area contributed by atoms with Gasteiger partial charge in [-0.15, -0.1) is 12.4 Å². The van der Waals surface area contributed by atoms with Crippen molar-refractivity contribution in [2.45, 2.75) is 6.42 Å². The molecule has 3 N–H and O–H groups in total. The van der Waals surface area contributed by atoms with Gasteiger partial charge in [0.15, 0.2) is 0 Å². The number of halogens is 2. The van der Waals surface area contributed by atoms with Gasteiger partial charge in [0.25, 0.3) is 5.91 Å². The number of phenolic OH excluding ortho intramolecular Hbond substituents is 1. The zero-order valence-electron chi connectivity index (χ0n) is 9.50. The first-order valence-electron chi connectivity index (χ1n) is 5.06. The highest BCUT2D eigenvalue weighted by atomic mass is 79.9. The molecule has 1 amide bonds. The van der Waals surface area contributed by atoms with Crippen LogP contribution in [0.3, 0.4) is 0 Å². The summed E-state index contributed by atoms with van der Waals surface area (Å²) in [5.41, 5.74) is 0.291. The largest absolute Gasteiger partial charge is 0.507 e. The number of benzene rings is 1. The molecule has 0 spiro atoms. The minimum atomic E-state index is -0.255. The van der Waals surface area contributed by atoms with Gasteiger partial charge in [-0.25, -0.2) is 0 Å². The zero-order valence-corrected chi connectivity index (χ0v) is 11.9. The van der Waals surface area contributed by atoms with Gasteiger partial charge in [-0.05, 0) is 38.2 Å². The number of phenols is 1. The van der Waals surface area contributed by atoms with E-state index >= 15 is 0 Å². The maximum absolute atomic E-state index is 11.7. The first-order chi connectivity index (χ1) is 7.65. The van der Waals surface area contributed by atoms with Crippen LogP contribution in [0, 0.1) is 0 Å². The number of carbonyl (C=O) groups excluding carboxylic acids is 1. The number of carbonyl (C=O) groups is 1. The summed E-state index contributed by atoms with van der Waals surface area (Å²) in [5, 5.41) is 15.2. The Morgan fingerprint density at radius 1 is 1.41 bits per heavy atom. The summed E-state index contributed by atoms with van der Waals surface area (Å²) in [7, 11) is 1.86. The summed E-state index contributed by atoms with van der Waals surface area (Å²) in [6, 6.07) is 4.78. The number of hydrogen-bond acceptors (Lipinski definition) is 3. The van der Waals surface area contributed by atoms with Crippen molar-refractivity contribution in [3.8, 4) is 5.75 Å². The molecule has 0 aromatic heterocycles. The summed E-state index contributed by atoms with van der Waals surface area (Å²) in [6.45, 7) is 1.44. The van der Waals surface area contributed by atoms with E-state index in [1.807, 2.05) is 7.05 Å². The van der Waals surface area contributed by atoms with Crippen molar-refractivity contribution in [1.82, 2.24) is 10.6 Å². The van der Waals surface area contributed by atoms with Crippen molar-refractivity contribution in [3.63, 3.8) is 0 Å². The molecule has 0 unspecified atom stereocenters.